The predicted molar refractivity (Wildman–Crippen MR) is 180 cm³/mol. The maximum absolute atomic E-state index is 13.3. The fraction of sp³-hybridized carbons (Fsp3) is 0.308. The fourth-order valence-electron chi connectivity index (χ4n) is 6.03. The molecule has 1 atom stereocenters. The van der Waals surface area contributed by atoms with Gasteiger partial charge in [0, 0.05) is 36.2 Å². The number of rotatable bonds is 15. The first-order valence-electron chi connectivity index (χ1n) is 16.2. The van der Waals surface area contributed by atoms with Gasteiger partial charge in [0.15, 0.2) is 5.78 Å². The highest BCUT2D eigenvalue weighted by atomic mass is 16.5. The number of carboxylic acids is 1. The predicted octanol–water partition coefficient (Wildman–Crippen LogP) is 7.40. The molecule has 7 heteroatoms. The second-order valence-corrected chi connectivity index (χ2v) is 12.0. The quantitative estimate of drug-likeness (QED) is 0.135. The molecule has 0 unspecified atom stereocenters. The second-order valence-electron chi connectivity index (χ2n) is 12.0. The van der Waals surface area contributed by atoms with E-state index in [1.165, 1.54) is 19.3 Å². The molecule has 4 aromatic rings. The number of hydrogen-bond acceptors (Lipinski definition) is 5. The number of para-hydroxylation sites is 1. The Hall–Kier alpha value is -4.91. The Balaban J connectivity index is 1.18. The number of nitrogens with one attached hydrogen (secondary N) is 1. The van der Waals surface area contributed by atoms with Crippen LogP contribution < -0.4 is 10.1 Å². The third-order valence-corrected chi connectivity index (χ3v) is 8.59. The van der Waals surface area contributed by atoms with Crippen molar-refractivity contribution in [2.24, 2.45) is 5.92 Å². The van der Waals surface area contributed by atoms with Crippen LogP contribution in [0.2, 0.25) is 0 Å². The van der Waals surface area contributed by atoms with Crippen molar-refractivity contribution in [1.29, 1.82) is 0 Å². The standard InChI is InChI=1S/C39H42N2O5/c42-37(27-29-12-4-1-5-13-29)41(28-31-14-6-2-7-15-31)24-25-46-33-22-20-30(21-23-33)26-36(39(44)45)40-35-19-11-10-18-34(35)38(43)32-16-8-3-9-17-32/h2-3,6-11,14-23,29,36,40H,1,4-5,12-13,24-28H2,(H,44,45)/t36-/m0/s1. The zero-order chi connectivity index (χ0) is 32.1. The molecule has 0 bridgehead atoms. The maximum atomic E-state index is 13.3. The first-order valence-corrected chi connectivity index (χ1v) is 16.2. The second kappa shape index (κ2) is 16.4. The van der Waals surface area contributed by atoms with Gasteiger partial charge in [0.05, 0.1) is 6.54 Å². The lowest BCUT2D eigenvalue weighted by Gasteiger charge is -2.27. The van der Waals surface area contributed by atoms with Crippen molar-refractivity contribution < 1.29 is 24.2 Å². The molecule has 0 aliphatic heterocycles. The molecule has 0 saturated heterocycles. The van der Waals surface area contributed by atoms with Gasteiger partial charge < -0.3 is 20.1 Å². The molecule has 238 valence electrons. The number of aliphatic carboxylic acids is 1. The summed E-state index contributed by atoms with van der Waals surface area (Å²) in [5.41, 5.74) is 3.34. The Kier molecular flexibility index (Phi) is 11.6. The van der Waals surface area contributed by atoms with Crippen LogP contribution in [0, 0.1) is 5.92 Å². The largest absolute Gasteiger partial charge is 0.492 e. The third kappa shape index (κ3) is 9.30. The molecule has 4 aromatic carbocycles. The molecule has 5 rings (SSSR count). The van der Waals surface area contributed by atoms with Crippen LogP contribution in [0.1, 0.15) is 65.6 Å². The number of carbonyl (C=O) groups excluding carboxylic acids is 2. The van der Waals surface area contributed by atoms with E-state index in [1.807, 2.05) is 65.6 Å². The molecule has 0 spiro atoms. The highest BCUT2D eigenvalue weighted by molar-refractivity contribution is 6.12. The van der Waals surface area contributed by atoms with Crippen molar-refractivity contribution in [3.05, 3.63) is 131 Å². The molecule has 2 N–H and O–H groups in total. The van der Waals surface area contributed by atoms with Gasteiger partial charge in [0.2, 0.25) is 5.91 Å². The molecule has 1 saturated carbocycles. The molecule has 46 heavy (non-hydrogen) atoms. The molecule has 0 heterocycles. The van der Waals surface area contributed by atoms with Crippen LogP contribution in [-0.4, -0.2) is 46.9 Å². The summed E-state index contributed by atoms with van der Waals surface area (Å²) >= 11 is 0. The molecule has 1 fully saturated rings. The van der Waals surface area contributed by atoms with Crippen LogP contribution in [-0.2, 0) is 22.6 Å². The summed E-state index contributed by atoms with van der Waals surface area (Å²) in [5, 5.41) is 13.1. The summed E-state index contributed by atoms with van der Waals surface area (Å²) in [6, 6.07) is 32.4. The van der Waals surface area contributed by atoms with Crippen LogP contribution in [0.5, 0.6) is 5.75 Å². The van der Waals surface area contributed by atoms with E-state index in [0.717, 1.165) is 24.0 Å². The number of nitrogens with zero attached hydrogens (tertiary/aromatic N) is 1. The van der Waals surface area contributed by atoms with Crippen LogP contribution in [0.15, 0.2) is 109 Å². The Morgan fingerprint density at radius 3 is 2.13 bits per heavy atom. The monoisotopic (exact) mass is 618 g/mol. The van der Waals surface area contributed by atoms with E-state index in [0.29, 0.717) is 54.6 Å². The molecular formula is C39H42N2O5. The van der Waals surface area contributed by atoms with E-state index in [2.05, 4.69) is 5.32 Å². The average Bonchev–Trinajstić information content (AvgIpc) is 3.09. The number of carboxylic acid groups (broad SMARTS) is 1. The Morgan fingerprint density at radius 2 is 1.43 bits per heavy atom. The Morgan fingerprint density at radius 1 is 0.783 bits per heavy atom. The van der Waals surface area contributed by atoms with Gasteiger partial charge in [-0.05, 0) is 54.2 Å². The Bertz CT molecular complexity index is 1570. The summed E-state index contributed by atoms with van der Waals surface area (Å²) in [4.78, 5) is 40.6. The Labute approximate surface area is 271 Å². The molecule has 0 radical (unpaired) electrons. The topological polar surface area (TPSA) is 95.9 Å². The summed E-state index contributed by atoms with van der Waals surface area (Å²) < 4.78 is 6.04. The molecule has 1 amide bonds. The summed E-state index contributed by atoms with van der Waals surface area (Å²) in [7, 11) is 0. The van der Waals surface area contributed by atoms with Crippen LogP contribution in [0.4, 0.5) is 5.69 Å². The van der Waals surface area contributed by atoms with E-state index in [1.54, 1.807) is 48.5 Å². The maximum Gasteiger partial charge on any atom is 0.326 e. The highest BCUT2D eigenvalue weighted by Gasteiger charge is 2.23. The average molecular weight is 619 g/mol. The van der Waals surface area contributed by atoms with Crippen LogP contribution in [0.3, 0.4) is 0 Å². The summed E-state index contributed by atoms with van der Waals surface area (Å²) in [5.74, 6) is 0.108. The molecule has 1 aliphatic carbocycles. The van der Waals surface area contributed by atoms with Gasteiger partial charge in [-0.15, -0.1) is 0 Å². The SMILES string of the molecule is O=C(c1ccccc1)c1ccccc1N[C@@H](Cc1ccc(OCCN(Cc2ccccc2)C(=O)CC2CCCCC2)cc1)C(=O)O. The van der Waals surface area contributed by atoms with Crippen molar-refractivity contribution >= 4 is 23.3 Å². The van der Waals surface area contributed by atoms with E-state index in [4.69, 9.17) is 4.74 Å². The highest BCUT2D eigenvalue weighted by Crippen LogP contribution is 2.27. The number of hydrogen-bond donors (Lipinski definition) is 2. The van der Waals surface area contributed by atoms with E-state index < -0.39 is 12.0 Å². The van der Waals surface area contributed by atoms with Crippen molar-refractivity contribution in [2.75, 3.05) is 18.5 Å². The first kappa shape index (κ1) is 32.5. The number of ketones is 1. The van der Waals surface area contributed by atoms with Crippen molar-refractivity contribution in [2.45, 2.75) is 57.5 Å². The number of anilines is 1. The van der Waals surface area contributed by atoms with Gasteiger partial charge in [-0.3, -0.25) is 9.59 Å². The minimum atomic E-state index is -1.02. The van der Waals surface area contributed by atoms with Gasteiger partial charge >= 0.3 is 5.97 Å². The molecule has 7 nitrogen and oxygen atoms in total. The fourth-order valence-corrected chi connectivity index (χ4v) is 6.03. The smallest absolute Gasteiger partial charge is 0.326 e. The van der Waals surface area contributed by atoms with E-state index in [-0.39, 0.29) is 18.1 Å². The lowest BCUT2D eigenvalue weighted by Crippen LogP contribution is -2.35. The minimum Gasteiger partial charge on any atom is -0.492 e. The van der Waals surface area contributed by atoms with Gasteiger partial charge in [-0.25, -0.2) is 4.79 Å². The van der Waals surface area contributed by atoms with Crippen LogP contribution in [0.25, 0.3) is 0 Å². The third-order valence-electron chi connectivity index (χ3n) is 8.59. The van der Waals surface area contributed by atoms with Crippen LogP contribution >= 0.6 is 0 Å². The zero-order valence-electron chi connectivity index (χ0n) is 26.1. The number of benzene rings is 4. The van der Waals surface area contributed by atoms with E-state index >= 15 is 0 Å². The van der Waals surface area contributed by atoms with Crippen molar-refractivity contribution in [1.82, 2.24) is 4.90 Å². The van der Waals surface area contributed by atoms with E-state index in [9.17, 15) is 19.5 Å². The van der Waals surface area contributed by atoms with Crippen molar-refractivity contribution in [3.8, 4) is 5.75 Å². The summed E-state index contributed by atoms with van der Waals surface area (Å²) in [6.07, 6.45) is 6.74. The summed E-state index contributed by atoms with van der Waals surface area (Å²) in [6.45, 7) is 1.39. The lowest BCUT2D eigenvalue weighted by atomic mass is 9.86. The minimum absolute atomic E-state index is 0.174. The number of amides is 1. The first-order chi connectivity index (χ1) is 22.5. The van der Waals surface area contributed by atoms with Gasteiger partial charge in [0.1, 0.15) is 18.4 Å². The van der Waals surface area contributed by atoms with Gasteiger partial charge in [-0.2, -0.15) is 0 Å². The van der Waals surface area contributed by atoms with Gasteiger partial charge in [0.25, 0.3) is 0 Å². The molecule has 1 aliphatic rings. The number of carbonyl (C=O) groups is 3. The zero-order valence-corrected chi connectivity index (χ0v) is 26.1. The molecule has 0 aromatic heterocycles. The lowest BCUT2D eigenvalue weighted by molar-refractivity contribution is -0.138. The number of ether oxygens (including phenoxy) is 1. The normalized spacial score (nSPS) is 13.8. The van der Waals surface area contributed by atoms with Crippen molar-refractivity contribution in [3.63, 3.8) is 0 Å². The molecular weight excluding hydrogens is 576 g/mol. The van der Waals surface area contributed by atoms with Gasteiger partial charge in [-0.1, -0.05) is 104 Å².